The van der Waals surface area contributed by atoms with Gasteiger partial charge < -0.3 is 0 Å². The molecule has 1 aromatic heterocycles. The molecule has 0 saturated carbocycles. The lowest BCUT2D eigenvalue weighted by Gasteiger charge is -2.10. The zero-order valence-corrected chi connectivity index (χ0v) is 15.0. The maximum atomic E-state index is 6.48. The van der Waals surface area contributed by atoms with Crippen molar-refractivity contribution in [1.82, 2.24) is 9.78 Å². The van der Waals surface area contributed by atoms with Crippen molar-refractivity contribution in [1.29, 1.82) is 0 Å². The number of hydrogen-bond donors (Lipinski definition) is 0. The molecule has 2 rings (SSSR count). The number of benzene rings is 1. The van der Waals surface area contributed by atoms with Gasteiger partial charge in [-0.2, -0.15) is 5.10 Å². The van der Waals surface area contributed by atoms with Gasteiger partial charge in [-0.15, -0.1) is 11.6 Å². The van der Waals surface area contributed by atoms with Crippen molar-refractivity contribution in [3.63, 3.8) is 0 Å². The lowest BCUT2D eigenvalue weighted by atomic mass is 10.1. The van der Waals surface area contributed by atoms with E-state index in [2.05, 4.69) is 51.7 Å². The molecule has 21 heavy (non-hydrogen) atoms. The van der Waals surface area contributed by atoms with Crippen LogP contribution >= 0.6 is 27.5 Å². The molecule has 0 aliphatic carbocycles. The molecule has 4 heteroatoms. The molecule has 0 aliphatic rings. The zero-order chi connectivity index (χ0) is 15.2. The van der Waals surface area contributed by atoms with Gasteiger partial charge in [0.15, 0.2) is 0 Å². The van der Waals surface area contributed by atoms with Crippen LogP contribution in [0, 0.1) is 0 Å². The summed E-state index contributed by atoms with van der Waals surface area (Å²) >= 11 is 10.2. The van der Waals surface area contributed by atoms with Crippen molar-refractivity contribution in [3.8, 4) is 0 Å². The molecule has 0 aliphatic heterocycles. The normalized spacial score (nSPS) is 12.6. The Balaban J connectivity index is 1.96. The van der Waals surface area contributed by atoms with Crippen molar-refractivity contribution in [2.45, 2.75) is 51.5 Å². The fraction of sp³-hybridized carbons (Fsp3) is 0.471. The summed E-state index contributed by atoms with van der Waals surface area (Å²) in [4.78, 5) is 0. The number of halogens is 2. The van der Waals surface area contributed by atoms with Crippen LogP contribution in [0.1, 0.15) is 49.0 Å². The van der Waals surface area contributed by atoms with Crippen molar-refractivity contribution in [3.05, 3.63) is 51.8 Å². The van der Waals surface area contributed by atoms with Crippen LogP contribution in [0.25, 0.3) is 0 Å². The van der Waals surface area contributed by atoms with E-state index in [4.69, 9.17) is 11.6 Å². The third-order valence-corrected chi connectivity index (χ3v) is 5.11. The first-order valence-electron chi connectivity index (χ1n) is 7.60. The van der Waals surface area contributed by atoms with E-state index in [0.717, 1.165) is 37.9 Å². The van der Waals surface area contributed by atoms with Gasteiger partial charge in [0.1, 0.15) is 0 Å². The van der Waals surface area contributed by atoms with Crippen LogP contribution in [0.3, 0.4) is 0 Å². The van der Waals surface area contributed by atoms with E-state index >= 15 is 0 Å². The van der Waals surface area contributed by atoms with E-state index < -0.39 is 0 Å². The molecular weight excluding hydrogens is 348 g/mol. The first-order valence-corrected chi connectivity index (χ1v) is 8.83. The third kappa shape index (κ3) is 4.10. The maximum absolute atomic E-state index is 6.48. The molecule has 0 bridgehead atoms. The second-order valence-electron chi connectivity index (χ2n) is 5.15. The quantitative estimate of drug-likeness (QED) is 0.587. The van der Waals surface area contributed by atoms with E-state index in [1.807, 2.05) is 18.2 Å². The molecule has 0 N–H and O–H groups in total. The van der Waals surface area contributed by atoms with Gasteiger partial charge in [-0.1, -0.05) is 37.3 Å². The molecule has 0 amide bonds. The lowest BCUT2D eigenvalue weighted by molar-refractivity contribution is 0.593. The average molecular weight is 370 g/mol. The Bertz CT molecular complexity index is 566. The summed E-state index contributed by atoms with van der Waals surface area (Å²) in [5, 5.41) is 4.73. The first-order chi connectivity index (χ1) is 10.2. The average Bonchev–Trinajstić information content (AvgIpc) is 2.84. The smallest absolute Gasteiger partial charge is 0.0766 e. The SMILES string of the molecule is CCc1nn(CC)c(CCCC(Cl)c2ccccc2)c1Br. The Kier molecular flexibility index (Phi) is 6.31. The molecule has 2 aromatic rings. The molecule has 0 saturated heterocycles. The second kappa shape index (κ2) is 8.00. The van der Waals surface area contributed by atoms with Crippen LogP contribution in [-0.2, 0) is 19.4 Å². The zero-order valence-electron chi connectivity index (χ0n) is 12.6. The topological polar surface area (TPSA) is 17.8 Å². The van der Waals surface area contributed by atoms with Crippen LogP contribution < -0.4 is 0 Å². The van der Waals surface area contributed by atoms with Gasteiger partial charge in [0, 0.05) is 6.54 Å². The van der Waals surface area contributed by atoms with Gasteiger partial charge >= 0.3 is 0 Å². The van der Waals surface area contributed by atoms with E-state index in [1.54, 1.807) is 0 Å². The summed E-state index contributed by atoms with van der Waals surface area (Å²) in [6.45, 7) is 5.19. The standard InChI is InChI=1S/C17H22BrClN2/c1-3-15-17(18)16(21(4-2)20-15)12-8-11-14(19)13-9-6-5-7-10-13/h5-7,9-10,14H,3-4,8,11-12H2,1-2H3. The number of hydrogen-bond acceptors (Lipinski definition) is 1. The lowest BCUT2D eigenvalue weighted by Crippen LogP contribution is -2.03. The van der Waals surface area contributed by atoms with Crippen molar-refractivity contribution in [2.75, 3.05) is 0 Å². The van der Waals surface area contributed by atoms with E-state index in [0.29, 0.717) is 0 Å². The van der Waals surface area contributed by atoms with E-state index in [1.165, 1.54) is 15.7 Å². The number of nitrogens with zero attached hydrogens (tertiary/aromatic N) is 2. The minimum Gasteiger partial charge on any atom is -0.268 e. The molecule has 1 atom stereocenters. The van der Waals surface area contributed by atoms with Gasteiger partial charge in [0.05, 0.1) is 21.2 Å². The molecule has 0 fully saturated rings. The summed E-state index contributed by atoms with van der Waals surface area (Å²) in [6, 6.07) is 10.3. The van der Waals surface area contributed by atoms with Crippen LogP contribution in [-0.4, -0.2) is 9.78 Å². The Morgan fingerprint density at radius 3 is 2.57 bits per heavy atom. The molecule has 114 valence electrons. The molecule has 1 heterocycles. The summed E-state index contributed by atoms with van der Waals surface area (Å²) in [5.74, 6) is 0. The van der Waals surface area contributed by atoms with Gasteiger partial charge in [-0.3, -0.25) is 4.68 Å². The Labute approximate surface area is 140 Å². The number of aryl methyl sites for hydroxylation is 2. The Morgan fingerprint density at radius 2 is 1.95 bits per heavy atom. The first kappa shape index (κ1) is 16.6. The molecule has 0 spiro atoms. The van der Waals surface area contributed by atoms with Gasteiger partial charge in [0.2, 0.25) is 0 Å². The highest BCUT2D eigenvalue weighted by molar-refractivity contribution is 9.10. The van der Waals surface area contributed by atoms with Gasteiger partial charge in [-0.25, -0.2) is 0 Å². The summed E-state index contributed by atoms with van der Waals surface area (Å²) in [6.07, 6.45) is 4.02. The minimum absolute atomic E-state index is 0.0913. The minimum atomic E-state index is 0.0913. The summed E-state index contributed by atoms with van der Waals surface area (Å²) < 4.78 is 3.28. The maximum Gasteiger partial charge on any atom is 0.0766 e. The monoisotopic (exact) mass is 368 g/mol. The Morgan fingerprint density at radius 1 is 1.24 bits per heavy atom. The fourth-order valence-corrected chi connectivity index (χ4v) is 3.60. The van der Waals surface area contributed by atoms with E-state index in [-0.39, 0.29) is 5.38 Å². The summed E-state index contributed by atoms with van der Waals surface area (Å²) in [7, 11) is 0. The second-order valence-corrected chi connectivity index (χ2v) is 6.47. The summed E-state index contributed by atoms with van der Waals surface area (Å²) in [5.41, 5.74) is 3.65. The van der Waals surface area contributed by atoms with Crippen molar-refractivity contribution < 1.29 is 0 Å². The highest BCUT2D eigenvalue weighted by Crippen LogP contribution is 2.28. The predicted octanol–water partition coefficient (Wildman–Crippen LogP) is 5.53. The molecule has 1 aromatic carbocycles. The predicted molar refractivity (Wildman–Crippen MR) is 93.0 cm³/mol. The molecule has 1 unspecified atom stereocenters. The van der Waals surface area contributed by atoms with Crippen LogP contribution in [0.2, 0.25) is 0 Å². The van der Waals surface area contributed by atoms with Gasteiger partial charge in [0.25, 0.3) is 0 Å². The van der Waals surface area contributed by atoms with E-state index in [9.17, 15) is 0 Å². The number of rotatable bonds is 7. The molecular formula is C17H22BrClN2. The van der Waals surface area contributed by atoms with Gasteiger partial charge in [-0.05, 0) is 54.1 Å². The van der Waals surface area contributed by atoms with Crippen molar-refractivity contribution in [2.24, 2.45) is 0 Å². The number of aromatic nitrogens is 2. The molecule has 2 nitrogen and oxygen atoms in total. The van der Waals surface area contributed by atoms with Crippen LogP contribution in [0.4, 0.5) is 0 Å². The number of alkyl halides is 1. The van der Waals surface area contributed by atoms with Crippen molar-refractivity contribution >= 4 is 27.5 Å². The highest BCUT2D eigenvalue weighted by Gasteiger charge is 2.14. The highest BCUT2D eigenvalue weighted by atomic mass is 79.9. The third-order valence-electron chi connectivity index (χ3n) is 3.73. The van der Waals surface area contributed by atoms with Crippen LogP contribution in [0.5, 0.6) is 0 Å². The largest absolute Gasteiger partial charge is 0.268 e. The fourth-order valence-electron chi connectivity index (χ4n) is 2.53. The molecule has 0 radical (unpaired) electrons. The Hall–Kier alpha value is -0.800. The van der Waals surface area contributed by atoms with Crippen LogP contribution in [0.15, 0.2) is 34.8 Å².